The molecule has 5 aromatic rings. The largest absolute Gasteiger partial charge is 0.497 e. The second-order valence-electron chi connectivity index (χ2n) is 9.72. The Labute approximate surface area is 238 Å². The number of amides is 1. The Morgan fingerprint density at radius 1 is 0.878 bits per heavy atom. The fourth-order valence-electron chi connectivity index (χ4n) is 5.11. The molecule has 3 aromatic carbocycles. The molecule has 1 aliphatic rings. The molecule has 3 heterocycles. The van der Waals surface area contributed by atoms with Gasteiger partial charge in [0, 0.05) is 38.3 Å². The standard InChI is InChI=1S/C31H31N7O3/c1-40-25-11-8-22(9-12-25)19-32-31(39)23-10-13-28(41-2)27(18-23)36-14-16-37(17-15-36)29-26-20-35-38(30(26)34-21-33-29)24-6-4-3-5-7-24/h3-13,18,20-21H,14-17,19H2,1-2H3,(H,32,39). The molecule has 0 bridgehead atoms. The smallest absolute Gasteiger partial charge is 0.251 e. The minimum Gasteiger partial charge on any atom is -0.497 e. The van der Waals surface area contributed by atoms with E-state index in [1.807, 2.05) is 77.6 Å². The van der Waals surface area contributed by atoms with E-state index < -0.39 is 0 Å². The number of hydrogen-bond acceptors (Lipinski definition) is 8. The van der Waals surface area contributed by atoms with Crippen molar-refractivity contribution in [2.45, 2.75) is 6.54 Å². The van der Waals surface area contributed by atoms with Gasteiger partial charge in [-0.25, -0.2) is 14.6 Å². The van der Waals surface area contributed by atoms with Gasteiger partial charge >= 0.3 is 0 Å². The topological polar surface area (TPSA) is 97.6 Å². The first-order valence-corrected chi connectivity index (χ1v) is 13.5. The number of para-hydroxylation sites is 1. The van der Waals surface area contributed by atoms with Gasteiger partial charge in [-0.15, -0.1) is 0 Å². The summed E-state index contributed by atoms with van der Waals surface area (Å²) < 4.78 is 12.7. The summed E-state index contributed by atoms with van der Waals surface area (Å²) in [5.41, 5.74) is 4.21. The average Bonchev–Trinajstić information content (AvgIpc) is 3.48. The maximum Gasteiger partial charge on any atom is 0.251 e. The van der Waals surface area contributed by atoms with Crippen LogP contribution in [0.5, 0.6) is 11.5 Å². The minimum absolute atomic E-state index is 0.137. The second kappa shape index (κ2) is 11.5. The summed E-state index contributed by atoms with van der Waals surface area (Å²) in [6.07, 6.45) is 3.43. The Morgan fingerprint density at radius 2 is 1.63 bits per heavy atom. The lowest BCUT2D eigenvalue weighted by atomic mass is 10.1. The van der Waals surface area contributed by atoms with Crippen LogP contribution in [0.2, 0.25) is 0 Å². The van der Waals surface area contributed by atoms with Crippen molar-refractivity contribution < 1.29 is 14.3 Å². The summed E-state index contributed by atoms with van der Waals surface area (Å²) in [5, 5.41) is 8.52. The summed E-state index contributed by atoms with van der Waals surface area (Å²) in [7, 11) is 3.29. The number of methoxy groups -OCH3 is 2. The average molecular weight is 550 g/mol. The van der Waals surface area contributed by atoms with E-state index in [1.54, 1.807) is 26.6 Å². The third-order valence-electron chi connectivity index (χ3n) is 7.32. The Kier molecular flexibility index (Phi) is 7.36. The Hall–Kier alpha value is -5.12. The molecule has 1 fully saturated rings. The van der Waals surface area contributed by atoms with Gasteiger partial charge in [0.1, 0.15) is 23.6 Å². The molecule has 1 amide bonds. The van der Waals surface area contributed by atoms with Crippen LogP contribution in [0.4, 0.5) is 11.5 Å². The van der Waals surface area contributed by atoms with Crippen LogP contribution in [0, 0.1) is 0 Å². The monoisotopic (exact) mass is 549 g/mol. The maximum atomic E-state index is 13.0. The van der Waals surface area contributed by atoms with Crippen LogP contribution in [0.3, 0.4) is 0 Å². The van der Waals surface area contributed by atoms with Crippen LogP contribution in [0.15, 0.2) is 85.3 Å². The first-order chi connectivity index (χ1) is 20.1. The number of fused-ring (bicyclic) bond motifs is 1. The van der Waals surface area contributed by atoms with Crippen molar-refractivity contribution in [3.05, 3.63) is 96.4 Å². The summed E-state index contributed by atoms with van der Waals surface area (Å²) in [6, 6.07) is 23.2. The molecule has 0 atom stereocenters. The third-order valence-corrected chi connectivity index (χ3v) is 7.32. The molecule has 10 nitrogen and oxygen atoms in total. The fraction of sp³-hybridized carbons (Fsp3) is 0.226. The summed E-state index contributed by atoms with van der Waals surface area (Å²) in [4.78, 5) is 26.7. The van der Waals surface area contributed by atoms with Gasteiger partial charge in [0.2, 0.25) is 0 Å². The van der Waals surface area contributed by atoms with Crippen molar-refractivity contribution >= 4 is 28.4 Å². The van der Waals surface area contributed by atoms with E-state index in [-0.39, 0.29) is 5.91 Å². The number of carbonyl (C=O) groups is 1. The number of ether oxygens (including phenoxy) is 2. The molecule has 0 spiro atoms. The molecule has 0 aliphatic carbocycles. The van der Waals surface area contributed by atoms with E-state index in [2.05, 4.69) is 30.2 Å². The molecule has 1 saturated heterocycles. The number of nitrogens with one attached hydrogen (secondary N) is 1. The molecule has 208 valence electrons. The Morgan fingerprint density at radius 3 is 2.37 bits per heavy atom. The molecule has 6 rings (SSSR count). The number of carbonyl (C=O) groups excluding carboxylic acids is 1. The van der Waals surface area contributed by atoms with Crippen LogP contribution in [0.1, 0.15) is 15.9 Å². The van der Waals surface area contributed by atoms with Crippen LogP contribution in [-0.4, -0.2) is 66.1 Å². The van der Waals surface area contributed by atoms with Gasteiger partial charge in [-0.05, 0) is 48.0 Å². The number of benzene rings is 3. The highest BCUT2D eigenvalue weighted by molar-refractivity contribution is 5.95. The van der Waals surface area contributed by atoms with Gasteiger partial charge in [-0.2, -0.15) is 5.10 Å². The fourth-order valence-corrected chi connectivity index (χ4v) is 5.11. The lowest BCUT2D eigenvalue weighted by Crippen LogP contribution is -2.47. The van der Waals surface area contributed by atoms with Crippen LogP contribution in [0.25, 0.3) is 16.7 Å². The van der Waals surface area contributed by atoms with Gasteiger partial charge in [0.25, 0.3) is 5.91 Å². The number of piperazine rings is 1. The van der Waals surface area contributed by atoms with Crippen LogP contribution in [-0.2, 0) is 6.54 Å². The van der Waals surface area contributed by atoms with Crippen molar-refractivity contribution in [3.8, 4) is 17.2 Å². The van der Waals surface area contributed by atoms with Gasteiger partial charge in [0.05, 0.1) is 37.2 Å². The molecule has 0 unspecified atom stereocenters. The quantitative estimate of drug-likeness (QED) is 0.309. The predicted octanol–water partition coefficient (Wildman–Crippen LogP) is 4.09. The number of aromatic nitrogens is 4. The molecule has 0 saturated carbocycles. The number of hydrogen-bond donors (Lipinski definition) is 1. The van der Waals surface area contributed by atoms with Gasteiger partial charge in [-0.1, -0.05) is 30.3 Å². The van der Waals surface area contributed by atoms with Gasteiger partial charge in [-0.3, -0.25) is 4.79 Å². The van der Waals surface area contributed by atoms with E-state index in [0.29, 0.717) is 12.1 Å². The second-order valence-corrected chi connectivity index (χ2v) is 9.72. The highest BCUT2D eigenvalue weighted by atomic mass is 16.5. The first kappa shape index (κ1) is 26.1. The molecule has 2 aromatic heterocycles. The van der Waals surface area contributed by atoms with E-state index in [4.69, 9.17) is 9.47 Å². The zero-order valence-corrected chi connectivity index (χ0v) is 23.0. The number of nitrogens with zero attached hydrogens (tertiary/aromatic N) is 6. The molecule has 1 N–H and O–H groups in total. The first-order valence-electron chi connectivity index (χ1n) is 13.5. The SMILES string of the molecule is COc1ccc(CNC(=O)c2ccc(OC)c(N3CCN(c4ncnc5c4cnn5-c4ccccc4)CC3)c2)cc1. The van der Waals surface area contributed by atoms with Crippen molar-refractivity contribution in [2.24, 2.45) is 0 Å². The van der Waals surface area contributed by atoms with Gasteiger partial charge < -0.3 is 24.6 Å². The third kappa shape index (κ3) is 5.36. The van der Waals surface area contributed by atoms with E-state index in [0.717, 1.165) is 71.5 Å². The Bertz CT molecular complexity index is 1650. The molecular formula is C31H31N7O3. The zero-order chi connectivity index (χ0) is 28.2. The van der Waals surface area contributed by atoms with Crippen molar-refractivity contribution in [3.63, 3.8) is 0 Å². The highest BCUT2D eigenvalue weighted by Gasteiger charge is 2.24. The van der Waals surface area contributed by atoms with E-state index in [1.165, 1.54) is 0 Å². The van der Waals surface area contributed by atoms with Crippen molar-refractivity contribution in [1.29, 1.82) is 0 Å². The van der Waals surface area contributed by atoms with Crippen LogP contribution >= 0.6 is 0 Å². The molecule has 41 heavy (non-hydrogen) atoms. The van der Waals surface area contributed by atoms with Gasteiger partial charge in [0.15, 0.2) is 5.65 Å². The summed E-state index contributed by atoms with van der Waals surface area (Å²) in [6.45, 7) is 3.41. The zero-order valence-electron chi connectivity index (χ0n) is 23.0. The molecule has 10 heteroatoms. The minimum atomic E-state index is -0.137. The van der Waals surface area contributed by atoms with Crippen LogP contribution < -0.4 is 24.6 Å². The van der Waals surface area contributed by atoms with Crippen molar-refractivity contribution in [1.82, 2.24) is 25.1 Å². The normalized spacial score (nSPS) is 13.3. The van der Waals surface area contributed by atoms with E-state index in [9.17, 15) is 4.79 Å². The lowest BCUT2D eigenvalue weighted by Gasteiger charge is -2.37. The van der Waals surface area contributed by atoms with Crippen molar-refractivity contribution in [2.75, 3.05) is 50.2 Å². The highest BCUT2D eigenvalue weighted by Crippen LogP contribution is 2.32. The molecule has 0 radical (unpaired) electrons. The number of anilines is 2. The predicted molar refractivity (Wildman–Crippen MR) is 158 cm³/mol. The molecular weight excluding hydrogens is 518 g/mol. The summed E-state index contributed by atoms with van der Waals surface area (Å²) >= 11 is 0. The number of rotatable bonds is 8. The lowest BCUT2D eigenvalue weighted by molar-refractivity contribution is 0.0951. The van der Waals surface area contributed by atoms with E-state index >= 15 is 0 Å². The summed E-state index contributed by atoms with van der Waals surface area (Å²) in [5.74, 6) is 2.25. The Balaban J connectivity index is 1.16. The maximum absolute atomic E-state index is 13.0. The molecule has 1 aliphatic heterocycles.